The van der Waals surface area contributed by atoms with Crippen molar-refractivity contribution in [2.75, 3.05) is 52.3 Å². The van der Waals surface area contributed by atoms with Crippen molar-refractivity contribution in [2.45, 2.75) is 11.8 Å². The molecule has 1 aromatic carbocycles. The van der Waals surface area contributed by atoms with Crippen molar-refractivity contribution in [1.82, 2.24) is 10.6 Å². The number of methoxy groups -OCH3 is 1. The molecular formula is C16H26ClN3O2S. The van der Waals surface area contributed by atoms with Crippen molar-refractivity contribution in [3.05, 3.63) is 29.3 Å². The lowest BCUT2D eigenvalue weighted by Crippen LogP contribution is -2.38. The van der Waals surface area contributed by atoms with Crippen LogP contribution in [0.15, 0.2) is 34.2 Å². The number of guanidine groups is 1. The first-order valence-corrected chi connectivity index (χ1v) is 9.10. The SMILES string of the molecule is CCNC(=NCCOCCOC)NCCSc1ccc(Cl)cc1. The molecule has 0 heterocycles. The van der Waals surface area contributed by atoms with E-state index in [1.165, 1.54) is 4.90 Å². The lowest BCUT2D eigenvalue weighted by molar-refractivity contribution is 0.0748. The van der Waals surface area contributed by atoms with Crippen LogP contribution in [0.1, 0.15) is 6.92 Å². The van der Waals surface area contributed by atoms with Crippen LogP contribution < -0.4 is 10.6 Å². The minimum atomic E-state index is 0.597. The Bertz CT molecular complexity index is 443. The van der Waals surface area contributed by atoms with E-state index in [1.807, 2.05) is 24.3 Å². The van der Waals surface area contributed by atoms with Crippen LogP contribution in [0.5, 0.6) is 0 Å². The Morgan fingerprint density at radius 1 is 1.17 bits per heavy atom. The second-order valence-corrected chi connectivity index (χ2v) is 6.20. The van der Waals surface area contributed by atoms with Crippen molar-refractivity contribution in [2.24, 2.45) is 4.99 Å². The van der Waals surface area contributed by atoms with Crippen LogP contribution in [-0.2, 0) is 9.47 Å². The smallest absolute Gasteiger partial charge is 0.191 e. The molecule has 0 aliphatic carbocycles. The summed E-state index contributed by atoms with van der Waals surface area (Å²) in [6.07, 6.45) is 0. The van der Waals surface area contributed by atoms with Gasteiger partial charge in [-0.15, -0.1) is 11.8 Å². The van der Waals surface area contributed by atoms with E-state index in [9.17, 15) is 0 Å². The number of rotatable bonds is 11. The molecule has 1 rings (SSSR count). The number of ether oxygens (including phenoxy) is 2. The van der Waals surface area contributed by atoms with Gasteiger partial charge in [-0.1, -0.05) is 11.6 Å². The second-order valence-electron chi connectivity index (χ2n) is 4.59. The number of halogens is 1. The molecule has 2 N–H and O–H groups in total. The van der Waals surface area contributed by atoms with Gasteiger partial charge in [-0.25, -0.2) is 0 Å². The molecule has 0 bridgehead atoms. The number of nitrogens with one attached hydrogen (secondary N) is 2. The van der Waals surface area contributed by atoms with E-state index in [4.69, 9.17) is 21.1 Å². The highest BCUT2D eigenvalue weighted by Crippen LogP contribution is 2.19. The number of aliphatic imine (C=N–C) groups is 1. The molecule has 0 aliphatic rings. The summed E-state index contributed by atoms with van der Waals surface area (Å²) in [6.45, 7) is 6.17. The van der Waals surface area contributed by atoms with Crippen LogP contribution in [0.25, 0.3) is 0 Å². The lowest BCUT2D eigenvalue weighted by atomic mass is 10.4. The number of benzene rings is 1. The van der Waals surface area contributed by atoms with Gasteiger partial charge in [-0.05, 0) is 31.2 Å². The van der Waals surface area contributed by atoms with Gasteiger partial charge in [0, 0.05) is 35.9 Å². The Labute approximate surface area is 148 Å². The van der Waals surface area contributed by atoms with Gasteiger partial charge in [0.2, 0.25) is 0 Å². The normalized spacial score (nSPS) is 11.5. The summed E-state index contributed by atoms with van der Waals surface area (Å²) in [5.41, 5.74) is 0. The summed E-state index contributed by atoms with van der Waals surface area (Å²) in [7, 11) is 1.66. The highest BCUT2D eigenvalue weighted by atomic mass is 35.5. The van der Waals surface area contributed by atoms with Crippen LogP contribution in [0.4, 0.5) is 0 Å². The Balaban J connectivity index is 2.19. The van der Waals surface area contributed by atoms with Crippen molar-refractivity contribution >= 4 is 29.3 Å². The molecule has 0 aromatic heterocycles. The van der Waals surface area contributed by atoms with Gasteiger partial charge in [0.25, 0.3) is 0 Å². The maximum atomic E-state index is 5.87. The molecule has 0 saturated heterocycles. The van der Waals surface area contributed by atoms with E-state index in [0.717, 1.165) is 29.8 Å². The van der Waals surface area contributed by atoms with Crippen LogP contribution in [0, 0.1) is 0 Å². The molecule has 5 nitrogen and oxygen atoms in total. The molecule has 130 valence electrons. The lowest BCUT2D eigenvalue weighted by Gasteiger charge is -2.11. The zero-order valence-corrected chi connectivity index (χ0v) is 15.4. The monoisotopic (exact) mass is 359 g/mol. The van der Waals surface area contributed by atoms with Crippen molar-refractivity contribution in [3.8, 4) is 0 Å². The molecule has 0 spiro atoms. The molecule has 0 amide bonds. The van der Waals surface area contributed by atoms with Gasteiger partial charge < -0.3 is 20.1 Å². The topological polar surface area (TPSA) is 54.9 Å². The molecule has 0 radical (unpaired) electrons. The van der Waals surface area contributed by atoms with Crippen LogP contribution in [0.3, 0.4) is 0 Å². The third kappa shape index (κ3) is 10.4. The number of hydrogen-bond acceptors (Lipinski definition) is 4. The van der Waals surface area contributed by atoms with Gasteiger partial charge in [-0.2, -0.15) is 0 Å². The highest BCUT2D eigenvalue weighted by molar-refractivity contribution is 7.99. The summed E-state index contributed by atoms with van der Waals surface area (Å²) in [6, 6.07) is 7.88. The van der Waals surface area contributed by atoms with Crippen LogP contribution in [-0.4, -0.2) is 58.3 Å². The minimum absolute atomic E-state index is 0.597. The van der Waals surface area contributed by atoms with Gasteiger partial charge >= 0.3 is 0 Å². The Morgan fingerprint density at radius 2 is 1.96 bits per heavy atom. The molecule has 0 unspecified atom stereocenters. The third-order valence-electron chi connectivity index (χ3n) is 2.76. The molecule has 23 heavy (non-hydrogen) atoms. The van der Waals surface area contributed by atoms with Crippen LogP contribution >= 0.6 is 23.4 Å². The fourth-order valence-electron chi connectivity index (χ4n) is 1.68. The Morgan fingerprint density at radius 3 is 2.65 bits per heavy atom. The molecule has 0 fully saturated rings. The zero-order chi connectivity index (χ0) is 16.8. The van der Waals surface area contributed by atoms with Gasteiger partial charge in [0.1, 0.15) is 0 Å². The highest BCUT2D eigenvalue weighted by Gasteiger charge is 1.98. The molecule has 7 heteroatoms. The van der Waals surface area contributed by atoms with Crippen LogP contribution in [0.2, 0.25) is 5.02 Å². The van der Waals surface area contributed by atoms with E-state index in [2.05, 4.69) is 22.5 Å². The number of hydrogen-bond donors (Lipinski definition) is 2. The summed E-state index contributed by atoms with van der Waals surface area (Å²) < 4.78 is 10.3. The maximum absolute atomic E-state index is 5.87. The summed E-state index contributed by atoms with van der Waals surface area (Å²) >= 11 is 7.66. The van der Waals surface area contributed by atoms with Gasteiger partial charge in [0.15, 0.2) is 5.96 Å². The predicted molar refractivity (Wildman–Crippen MR) is 98.9 cm³/mol. The van der Waals surface area contributed by atoms with E-state index in [-0.39, 0.29) is 0 Å². The zero-order valence-electron chi connectivity index (χ0n) is 13.8. The molecule has 0 saturated carbocycles. The fraction of sp³-hybridized carbons (Fsp3) is 0.562. The summed E-state index contributed by atoms with van der Waals surface area (Å²) in [5.74, 6) is 1.77. The van der Waals surface area contributed by atoms with Crippen molar-refractivity contribution in [3.63, 3.8) is 0 Å². The predicted octanol–water partition coefficient (Wildman–Crippen LogP) is 2.65. The quantitative estimate of drug-likeness (QED) is 0.275. The van der Waals surface area contributed by atoms with Crippen molar-refractivity contribution < 1.29 is 9.47 Å². The molecule has 1 aromatic rings. The number of thioether (sulfide) groups is 1. The average molecular weight is 360 g/mol. The first-order valence-electron chi connectivity index (χ1n) is 7.73. The third-order valence-corrected chi connectivity index (χ3v) is 4.02. The van der Waals surface area contributed by atoms with Gasteiger partial charge in [-0.3, -0.25) is 4.99 Å². The largest absolute Gasteiger partial charge is 0.382 e. The first kappa shape index (κ1) is 20.1. The average Bonchev–Trinajstić information content (AvgIpc) is 2.56. The standard InChI is InChI=1S/C16H26ClN3O2S/c1-3-18-16(19-8-10-22-12-11-21-2)20-9-13-23-15-6-4-14(17)5-7-15/h4-7H,3,8-13H2,1-2H3,(H2,18,19,20). The Hall–Kier alpha value is -0.950. The molecule has 0 aliphatic heterocycles. The molecular weight excluding hydrogens is 334 g/mol. The number of nitrogens with zero attached hydrogens (tertiary/aromatic N) is 1. The second kappa shape index (κ2) is 13.5. The fourth-order valence-corrected chi connectivity index (χ4v) is 2.57. The van der Waals surface area contributed by atoms with E-state index in [1.54, 1.807) is 18.9 Å². The Kier molecular flexibility index (Phi) is 11.8. The minimum Gasteiger partial charge on any atom is -0.382 e. The van der Waals surface area contributed by atoms with E-state index < -0.39 is 0 Å². The maximum Gasteiger partial charge on any atom is 0.191 e. The first-order chi connectivity index (χ1) is 11.3. The van der Waals surface area contributed by atoms with Gasteiger partial charge in [0.05, 0.1) is 26.4 Å². The van der Waals surface area contributed by atoms with Crippen molar-refractivity contribution in [1.29, 1.82) is 0 Å². The summed E-state index contributed by atoms with van der Waals surface area (Å²) in [5, 5.41) is 7.30. The van der Waals surface area contributed by atoms with E-state index in [0.29, 0.717) is 26.4 Å². The van der Waals surface area contributed by atoms with E-state index >= 15 is 0 Å². The molecule has 0 atom stereocenters. The summed E-state index contributed by atoms with van der Waals surface area (Å²) in [4.78, 5) is 5.68.